The molecule has 1 amide bonds. The average molecular weight is 295 g/mol. The molecule has 0 aliphatic heterocycles. The highest BCUT2D eigenvalue weighted by atomic mass is 35.5. The summed E-state index contributed by atoms with van der Waals surface area (Å²) in [6.45, 7) is 3.56. The third kappa shape index (κ3) is 4.98. The van der Waals surface area contributed by atoms with Crippen LogP contribution in [0.4, 0.5) is 18.9 Å². The maximum atomic E-state index is 12.4. The number of carbonyl (C=O) groups excluding carboxylic acids is 1. The van der Waals surface area contributed by atoms with Gasteiger partial charge in [0.05, 0.1) is 22.8 Å². The number of amides is 1. The van der Waals surface area contributed by atoms with Gasteiger partial charge in [-0.1, -0.05) is 11.6 Å². The zero-order valence-electron chi connectivity index (χ0n) is 10.4. The van der Waals surface area contributed by atoms with E-state index in [4.69, 9.17) is 11.6 Å². The number of rotatable bonds is 4. The summed E-state index contributed by atoms with van der Waals surface area (Å²) in [6.07, 6.45) is -4.43. The van der Waals surface area contributed by atoms with Gasteiger partial charge in [-0.15, -0.1) is 0 Å². The van der Waals surface area contributed by atoms with Crippen LogP contribution in [0.15, 0.2) is 18.2 Å². The number of halogens is 4. The van der Waals surface area contributed by atoms with Gasteiger partial charge in [-0.2, -0.15) is 13.2 Å². The van der Waals surface area contributed by atoms with Gasteiger partial charge in [0, 0.05) is 6.04 Å². The zero-order valence-corrected chi connectivity index (χ0v) is 11.2. The number of anilines is 1. The molecule has 3 nitrogen and oxygen atoms in total. The van der Waals surface area contributed by atoms with E-state index in [9.17, 15) is 18.0 Å². The van der Waals surface area contributed by atoms with E-state index < -0.39 is 11.7 Å². The van der Waals surface area contributed by atoms with Crippen LogP contribution in [0.3, 0.4) is 0 Å². The van der Waals surface area contributed by atoms with E-state index in [1.807, 2.05) is 13.8 Å². The second kappa shape index (κ2) is 6.14. The predicted molar refractivity (Wildman–Crippen MR) is 68.2 cm³/mol. The van der Waals surface area contributed by atoms with Gasteiger partial charge in [-0.25, -0.2) is 0 Å². The smallest absolute Gasteiger partial charge is 0.375 e. The van der Waals surface area contributed by atoms with Gasteiger partial charge in [-0.3, -0.25) is 4.79 Å². The van der Waals surface area contributed by atoms with E-state index in [1.54, 1.807) is 0 Å². The van der Waals surface area contributed by atoms with Crippen molar-refractivity contribution < 1.29 is 18.0 Å². The monoisotopic (exact) mass is 294 g/mol. The summed E-state index contributed by atoms with van der Waals surface area (Å²) in [5.41, 5.74) is -0.539. The fourth-order valence-corrected chi connectivity index (χ4v) is 1.63. The Hall–Kier alpha value is -1.43. The summed E-state index contributed by atoms with van der Waals surface area (Å²) in [6, 6.07) is 2.93. The minimum atomic E-state index is -4.43. The maximum absolute atomic E-state index is 12.4. The van der Waals surface area contributed by atoms with Gasteiger partial charge >= 0.3 is 6.18 Å². The summed E-state index contributed by atoms with van der Waals surface area (Å²) in [4.78, 5) is 11.4. The lowest BCUT2D eigenvalue weighted by Gasteiger charge is -2.13. The predicted octanol–water partition coefficient (Wildman–Crippen LogP) is 3.30. The molecule has 0 radical (unpaired) electrons. The highest BCUT2D eigenvalue weighted by Gasteiger charge is 2.30. The summed E-state index contributed by atoms with van der Waals surface area (Å²) in [7, 11) is 0. The summed E-state index contributed by atoms with van der Waals surface area (Å²) >= 11 is 5.73. The number of alkyl halides is 3. The number of hydrogen-bond donors (Lipinski definition) is 2. The van der Waals surface area contributed by atoms with Crippen LogP contribution in [0.2, 0.25) is 5.02 Å². The Labute approximate surface area is 114 Å². The molecule has 19 heavy (non-hydrogen) atoms. The highest BCUT2D eigenvalue weighted by Crippen LogP contribution is 2.33. The first-order valence-electron chi connectivity index (χ1n) is 5.60. The van der Waals surface area contributed by atoms with Gasteiger partial charge in [-0.05, 0) is 32.0 Å². The van der Waals surface area contributed by atoms with E-state index in [-0.39, 0.29) is 29.2 Å². The average Bonchev–Trinajstić information content (AvgIpc) is 2.25. The number of nitrogens with one attached hydrogen (secondary N) is 2. The van der Waals surface area contributed by atoms with Crippen LogP contribution >= 0.6 is 11.6 Å². The molecule has 0 aliphatic carbocycles. The molecule has 0 aliphatic rings. The number of carbonyl (C=O) groups is 1. The van der Waals surface area contributed by atoms with Crippen molar-refractivity contribution in [2.24, 2.45) is 0 Å². The van der Waals surface area contributed by atoms with Gasteiger partial charge in [0.1, 0.15) is 0 Å². The first-order chi connectivity index (χ1) is 8.70. The Kier molecular flexibility index (Phi) is 5.05. The standard InChI is InChI=1S/C12H14ClF3N2O/c1-7(2)18-11(19)6-17-10-4-3-8(5-9(10)13)12(14,15)16/h3-5,7,17H,6H2,1-2H3,(H,18,19). The van der Waals surface area contributed by atoms with Crippen molar-refractivity contribution in [3.63, 3.8) is 0 Å². The Morgan fingerprint density at radius 3 is 2.47 bits per heavy atom. The Balaban J connectivity index is 2.68. The third-order valence-corrected chi connectivity index (χ3v) is 2.50. The molecule has 0 fully saturated rings. The van der Waals surface area contributed by atoms with Crippen molar-refractivity contribution in [3.05, 3.63) is 28.8 Å². The number of hydrogen-bond acceptors (Lipinski definition) is 2. The maximum Gasteiger partial charge on any atom is 0.416 e. The molecular weight excluding hydrogens is 281 g/mol. The van der Waals surface area contributed by atoms with Crippen molar-refractivity contribution in [2.45, 2.75) is 26.1 Å². The molecule has 0 spiro atoms. The number of benzene rings is 1. The van der Waals surface area contributed by atoms with Crippen LogP contribution < -0.4 is 10.6 Å². The van der Waals surface area contributed by atoms with Crippen molar-refractivity contribution in [1.29, 1.82) is 0 Å². The molecule has 0 unspecified atom stereocenters. The fraction of sp³-hybridized carbons (Fsp3) is 0.417. The van der Waals surface area contributed by atoms with Crippen molar-refractivity contribution >= 4 is 23.2 Å². The summed E-state index contributed by atoms with van der Waals surface area (Å²) < 4.78 is 37.2. The zero-order chi connectivity index (χ0) is 14.6. The van der Waals surface area contributed by atoms with Crippen LogP contribution in [0.5, 0.6) is 0 Å². The molecule has 2 N–H and O–H groups in total. The second-order valence-electron chi connectivity index (χ2n) is 4.27. The van der Waals surface area contributed by atoms with Crippen LogP contribution in [0.1, 0.15) is 19.4 Å². The molecule has 106 valence electrons. The lowest BCUT2D eigenvalue weighted by molar-refractivity contribution is -0.137. The van der Waals surface area contributed by atoms with Gasteiger partial charge in [0.2, 0.25) is 5.91 Å². The Bertz CT molecular complexity index is 461. The summed E-state index contributed by atoms with van der Waals surface area (Å²) in [5.74, 6) is -0.258. The lowest BCUT2D eigenvalue weighted by Crippen LogP contribution is -2.34. The highest BCUT2D eigenvalue weighted by molar-refractivity contribution is 6.33. The van der Waals surface area contributed by atoms with E-state index in [2.05, 4.69) is 10.6 Å². The SMILES string of the molecule is CC(C)NC(=O)CNc1ccc(C(F)(F)F)cc1Cl. The van der Waals surface area contributed by atoms with Crippen LogP contribution in [-0.4, -0.2) is 18.5 Å². The van der Waals surface area contributed by atoms with Crippen LogP contribution in [-0.2, 0) is 11.0 Å². The first-order valence-corrected chi connectivity index (χ1v) is 5.98. The van der Waals surface area contributed by atoms with Gasteiger partial charge in [0.25, 0.3) is 0 Å². The topological polar surface area (TPSA) is 41.1 Å². The fourth-order valence-electron chi connectivity index (χ4n) is 1.38. The minimum absolute atomic E-state index is 0.00243. The van der Waals surface area contributed by atoms with Gasteiger partial charge in [0.15, 0.2) is 0 Å². The Morgan fingerprint density at radius 1 is 1.37 bits per heavy atom. The van der Waals surface area contributed by atoms with Gasteiger partial charge < -0.3 is 10.6 Å². The normalized spacial score (nSPS) is 11.5. The molecule has 7 heteroatoms. The molecule has 0 saturated heterocycles. The molecule has 0 bridgehead atoms. The van der Waals surface area contributed by atoms with Crippen molar-refractivity contribution in [2.75, 3.05) is 11.9 Å². The molecule has 1 aromatic carbocycles. The van der Waals surface area contributed by atoms with E-state index >= 15 is 0 Å². The molecule has 0 atom stereocenters. The largest absolute Gasteiger partial charge is 0.416 e. The molecule has 0 aromatic heterocycles. The minimum Gasteiger partial charge on any atom is -0.375 e. The molecule has 1 rings (SSSR count). The molecule has 0 heterocycles. The second-order valence-corrected chi connectivity index (χ2v) is 4.68. The quantitative estimate of drug-likeness (QED) is 0.894. The van der Waals surface area contributed by atoms with E-state index in [1.165, 1.54) is 6.07 Å². The van der Waals surface area contributed by atoms with Crippen LogP contribution in [0.25, 0.3) is 0 Å². The van der Waals surface area contributed by atoms with E-state index in [0.29, 0.717) is 0 Å². The van der Waals surface area contributed by atoms with Crippen molar-refractivity contribution in [1.82, 2.24) is 5.32 Å². The van der Waals surface area contributed by atoms with E-state index in [0.717, 1.165) is 12.1 Å². The Morgan fingerprint density at radius 2 is 2.00 bits per heavy atom. The molecular formula is C12H14ClF3N2O. The van der Waals surface area contributed by atoms with Crippen LogP contribution in [0, 0.1) is 0 Å². The molecule has 0 saturated carbocycles. The lowest BCUT2D eigenvalue weighted by atomic mass is 10.2. The third-order valence-electron chi connectivity index (χ3n) is 2.19. The summed E-state index contributed by atoms with van der Waals surface area (Å²) in [5, 5.41) is 5.25. The van der Waals surface area contributed by atoms with Crippen molar-refractivity contribution in [3.8, 4) is 0 Å². The first kappa shape index (κ1) is 15.6. The molecule has 1 aromatic rings.